The summed E-state index contributed by atoms with van der Waals surface area (Å²) < 4.78 is 11.3. The summed E-state index contributed by atoms with van der Waals surface area (Å²) in [7, 11) is -4.39. The van der Waals surface area contributed by atoms with Crippen LogP contribution < -0.4 is 5.32 Å². The molecule has 2 aromatic rings. The molecule has 1 aromatic carbocycles. The fourth-order valence-electron chi connectivity index (χ4n) is 2.53. The molecule has 0 radical (unpaired) electrons. The number of aromatic nitrogens is 1. The Balaban J connectivity index is 2.15. The number of nitrogens with one attached hydrogen (secondary N) is 2. The fraction of sp³-hybridized carbons (Fsp3) is 0.333. The number of carbonyl (C=O) groups excluding carboxylic acids is 1. The van der Waals surface area contributed by atoms with Crippen LogP contribution in [0.1, 0.15) is 12.0 Å². The predicted molar refractivity (Wildman–Crippen MR) is 87.7 cm³/mol. The first-order valence-electron chi connectivity index (χ1n) is 7.35. The Labute approximate surface area is 138 Å². The molecule has 0 saturated heterocycles. The minimum absolute atomic E-state index is 0.0836. The number of carboxylic acid groups (broad SMARTS) is 1. The van der Waals surface area contributed by atoms with Crippen molar-refractivity contribution in [1.82, 2.24) is 10.3 Å². The number of hydrogen-bond donors (Lipinski definition) is 5. The number of carboxylic acids is 1. The molecule has 8 nitrogen and oxygen atoms in total. The van der Waals surface area contributed by atoms with Crippen LogP contribution in [0.4, 0.5) is 0 Å². The van der Waals surface area contributed by atoms with Gasteiger partial charge in [-0.25, -0.2) is 0 Å². The molecule has 0 spiro atoms. The molecule has 24 heavy (non-hydrogen) atoms. The van der Waals surface area contributed by atoms with E-state index in [9.17, 15) is 23.9 Å². The summed E-state index contributed by atoms with van der Waals surface area (Å²) >= 11 is 0. The van der Waals surface area contributed by atoms with Crippen molar-refractivity contribution in [2.24, 2.45) is 5.92 Å². The van der Waals surface area contributed by atoms with Gasteiger partial charge in [-0.2, -0.15) is 0 Å². The van der Waals surface area contributed by atoms with Gasteiger partial charge in [-0.15, -0.1) is 0 Å². The van der Waals surface area contributed by atoms with Crippen LogP contribution >= 0.6 is 7.60 Å². The van der Waals surface area contributed by atoms with Crippen molar-refractivity contribution in [3.8, 4) is 0 Å². The van der Waals surface area contributed by atoms with Crippen molar-refractivity contribution >= 4 is 30.4 Å². The summed E-state index contributed by atoms with van der Waals surface area (Å²) in [6, 6.07) is 7.42. The van der Waals surface area contributed by atoms with E-state index in [2.05, 4.69) is 10.3 Å². The van der Waals surface area contributed by atoms with Crippen LogP contribution in [0.25, 0.3) is 10.9 Å². The van der Waals surface area contributed by atoms with Crippen LogP contribution in [0, 0.1) is 5.92 Å². The summed E-state index contributed by atoms with van der Waals surface area (Å²) in [5.41, 5.74) is 1.64. The molecule has 1 unspecified atom stereocenters. The van der Waals surface area contributed by atoms with Gasteiger partial charge in [-0.1, -0.05) is 18.2 Å². The largest absolute Gasteiger partial charge is 0.481 e. The number of hydrogen-bond acceptors (Lipinski definition) is 3. The van der Waals surface area contributed by atoms with Gasteiger partial charge in [0.2, 0.25) is 5.91 Å². The zero-order chi connectivity index (χ0) is 17.7. The van der Waals surface area contributed by atoms with Gasteiger partial charge < -0.3 is 25.2 Å². The number of benzene rings is 1. The number of aliphatic carboxylic acids is 1. The van der Waals surface area contributed by atoms with E-state index in [-0.39, 0.29) is 19.4 Å². The summed E-state index contributed by atoms with van der Waals surface area (Å²) in [4.78, 5) is 44.2. The van der Waals surface area contributed by atoms with Gasteiger partial charge in [0, 0.05) is 23.6 Å². The molecule has 2 rings (SSSR count). The van der Waals surface area contributed by atoms with Crippen molar-refractivity contribution < 1.29 is 29.0 Å². The van der Waals surface area contributed by atoms with Gasteiger partial charge in [-0.05, 0) is 18.1 Å². The lowest BCUT2D eigenvalue weighted by molar-refractivity contribution is -0.137. The number of rotatable bonds is 8. The lowest BCUT2D eigenvalue weighted by atomic mass is 9.99. The van der Waals surface area contributed by atoms with Gasteiger partial charge in [-0.3, -0.25) is 14.2 Å². The van der Waals surface area contributed by atoms with E-state index in [4.69, 9.17) is 5.11 Å². The van der Waals surface area contributed by atoms with Crippen LogP contribution in [-0.2, 0) is 20.6 Å². The smallest absolute Gasteiger partial charge is 0.326 e. The highest BCUT2D eigenvalue weighted by molar-refractivity contribution is 7.51. The zero-order valence-electron chi connectivity index (χ0n) is 12.8. The second-order valence-electron chi connectivity index (χ2n) is 5.54. The van der Waals surface area contributed by atoms with Gasteiger partial charge in [0.25, 0.3) is 0 Å². The Kier molecular flexibility index (Phi) is 5.77. The molecular formula is C15H19N2O6P. The van der Waals surface area contributed by atoms with Crippen LogP contribution in [0.2, 0.25) is 0 Å². The zero-order valence-corrected chi connectivity index (χ0v) is 13.7. The summed E-state index contributed by atoms with van der Waals surface area (Å²) in [6.07, 6.45) is 1.02. The van der Waals surface area contributed by atoms with E-state index in [1.807, 2.05) is 24.3 Å². The van der Waals surface area contributed by atoms with Crippen molar-refractivity contribution in [1.29, 1.82) is 0 Å². The van der Waals surface area contributed by atoms with Crippen molar-refractivity contribution in [3.63, 3.8) is 0 Å². The number of aromatic amines is 1. The molecule has 0 aliphatic rings. The molecule has 0 aliphatic carbocycles. The molecule has 130 valence electrons. The normalized spacial score (nSPS) is 12.9. The minimum atomic E-state index is -4.39. The van der Waals surface area contributed by atoms with E-state index >= 15 is 0 Å². The average molecular weight is 354 g/mol. The molecule has 1 atom stereocenters. The number of amides is 1. The third-order valence-electron chi connectivity index (χ3n) is 3.61. The maximum atomic E-state index is 12.2. The molecule has 0 saturated carbocycles. The van der Waals surface area contributed by atoms with Crippen LogP contribution in [0.3, 0.4) is 0 Å². The Morgan fingerprint density at radius 1 is 1.25 bits per heavy atom. The molecule has 0 aliphatic heterocycles. The Hall–Kier alpha value is -2.15. The van der Waals surface area contributed by atoms with Crippen molar-refractivity contribution in [2.45, 2.75) is 12.8 Å². The SMILES string of the molecule is O=C(O)CCNC(=O)C(Cc1c[nH]c2ccccc12)CP(=O)(O)O. The van der Waals surface area contributed by atoms with E-state index in [1.165, 1.54) is 0 Å². The quantitative estimate of drug-likeness (QED) is 0.450. The van der Waals surface area contributed by atoms with Gasteiger partial charge in [0.1, 0.15) is 0 Å². The molecule has 1 amide bonds. The molecule has 1 heterocycles. The van der Waals surface area contributed by atoms with E-state index in [0.717, 1.165) is 16.5 Å². The van der Waals surface area contributed by atoms with Gasteiger partial charge in [0.15, 0.2) is 0 Å². The first kappa shape index (κ1) is 18.2. The first-order chi connectivity index (χ1) is 11.3. The van der Waals surface area contributed by atoms with Crippen molar-refractivity contribution in [3.05, 3.63) is 36.0 Å². The average Bonchev–Trinajstić information content (AvgIpc) is 2.88. The molecular weight excluding hydrogens is 335 g/mol. The highest BCUT2D eigenvalue weighted by Crippen LogP contribution is 2.38. The fourth-order valence-corrected chi connectivity index (χ4v) is 3.40. The Morgan fingerprint density at radius 3 is 2.62 bits per heavy atom. The number of fused-ring (bicyclic) bond motifs is 1. The maximum absolute atomic E-state index is 12.2. The highest BCUT2D eigenvalue weighted by Gasteiger charge is 2.28. The lowest BCUT2D eigenvalue weighted by Gasteiger charge is -2.17. The van der Waals surface area contributed by atoms with E-state index in [0.29, 0.717) is 0 Å². The highest BCUT2D eigenvalue weighted by atomic mass is 31.2. The summed E-state index contributed by atoms with van der Waals surface area (Å²) in [5, 5.41) is 11.9. The number of carbonyl (C=O) groups is 2. The number of para-hydroxylation sites is 1. The predicted octanol–water partition coefficient (Wildman–Crippen LogP) is 1.10. The second-order valence-corrected chi connectivity index (χ2v) is 7.24. The molecule has 9 heteroatoms. The van der Waals surface area contributed by atoms with Crippen molar-refractivity contribution in [2.75, 3.05) is 12.7 Å². The van der Waals surface area contributed by atoms with Crippen LogP contribution in [0.5, 0.6) is 0 Å². The third kappa shape index (κ3) is 5.19. The summed E-state index contributed by atoms with van der Waals surface area (Å²) in [5.74, 6) is -2.57. The van der Waals surface area contributed by atoms with Crippen LogP contribution in [-0.4, -0.2) is 44.5 Å². The Morgan fingerprint density at radius 2 is 1.96 bits per heavy atom. The Bertz CT molecular complexity index is 781. The summed E-state index contributed by atoms with van der Waals surface area (Å²) in [6.45, 7) is -0.0836. The number of H-pyrrole nitrogens is 1. The van der Waals surface area contributed by atoms with E-state index in [1.54, 1.807) is 6.20 Å². The van der Waals surface area contributed by atoms with Gasteiger partial charge in [0.05, 0.1) is 18.5 Å². The molecule has 1 aromatic heterocycles. The standard InChI is InChI=1S/C15H19N2O6P/c18-14(19)5-6-16-15(20)11(9-24(21,22)23)7-10-8-17-13-4-2-1-3-12(10)13/h1-4,8,11,17H,5-7,9H2,(H,16,20)(H,18,19)(H2,21,22,23). The monoisotopic (exact) mass is 354 g/mol. The molecule has 5 N–H and O–H groups in total. The molecule has 0 fully saturated rings. The maximum Gasteiger partial charge on any atom is 0.326 e. The minimum Gasteiger partial charge on any atom is -0.481 e. The van der Waals surface area contributed by atoms with E-state index < -0.39 is 31.6 Å². The van der Waals surface area contributed by atoms with Gasteiger partial charge >= 0.3 is 13.6 Å². The second kappa shape index (κ2) is 7.61. The van der Waals surface area contributed by atoms with Crippen LogP contribution in [0.15, 0.2) is 30.5 Å². The topological polar surface area (TPSA) is 140 Å². The molecule has 0 bridgehead atoms. The first-order valence-corrected chi connectivity index (χ1v) is 9.15. The lowest BCUT2D eigenvalue weighted by Crippen LogP contribution is -2.35. The third-order valence-corrected chi connectivity index (χ3v) is 4.52.